The highest BCUT2D eigenvalue weighted by atomic mass is 35.5. The summed E-state index contributed by atoms with van der Waals surface area (Å²) in [6.45, 7) is 1.86. The Hall–Kier alpha value is -3.40. The molecule has 0 unspecified atom stereocenters. The summed E-state index contributed by atoms with van der Waals surface area (Å²) in [5.41, 5.74) is 4.94. The van der Waals surface area contributed by atoms with Gasteiger partial charge in [0.2, 0.25) is 10.0 Å². The van der Waals surface area contributed by atoms with E-state index in [0.29, 0.717) is 15.8 Å². The number of benzene rings is 2. The van der Waals surface area contributed by atoms with E-state index in [-0.39, 0.29) is 12.1 Å². The summed E-state index contributed by atoms with van der Waals surface area (Å²) in [5.74, 6) is 0. The van der Waals surface area contributed by atoms with Crippen LogP contribution in [0.4, 0.5) is 11.4 Å². The number of sulfonamides is 1. The van der Waals surface area contributed by atoms with Crippen molar-refractivity contribution < 1.29 is 8.42 Å². The molecule has 3 heterocycles. The van der Waals surface area contributed by atoms with Gasteiger partial charge in [0.1, 0.15) is 6.04 Å². The van der Waals surface area contributed by atoms with E-state index in [1.54, 1.807) is 12.3 Å². The van der Waals surface area contributed by atoms with Crippen LogP contribution in [0.15, 0.2) is 85.2 Å². The van der Waals surface area contributed by atoms with Crippen LogP contribution in [0.3, 0.4) is 0 Å². The van der Waals surface area contributed by atoms with E-state index >= 15 is 0 Å². The first kappa shape index (κ1) is 24.3. The van der Waals surface area contributed by atoms with E-state index < -0.39 is 10.0 Å². The second-order valence-electron chi connectivity index (χ2n) is 8.65. The zero-order chi connectivity index (χ0) is 25.4. The highest BCUT2D eigenvalue weighted by molar-refractivity contribution is 7.92. The van der Waals surface area contributed by atoms with Crippen molar-refractivity contribution in [3.8, 4) is 5.69 Å². The molecule has 0 aliphatic carbocycles. The molecular formula is C26H24ClN5O2S2. The van der Waals surface area contributed by atoms with Gasteiger partial charge in [0, 0.05) is 34.5 Å². The second-order valence-corrected chi connectivity index (χ2v) is 11.2. The summed E-state index contributed by atoms with van der Waals surface area (Å²) in [6, 6.07) is 22.7. The maximum atomic E-state index is 11.8. The largest absolute Gasteiger partial charge is 0.351 e. The molecule has 5 rings (SSSR count). The first-order chi connectivity index (χ1) is 17.2. The minimum atomic E-state index is -3.40. The van der Waals surface area contributed by atoms with Gasteiger partial charge in [-0.1, -0.05) is 23.7 Å². The number of anilines is 2. The predicted molar refractivity (Wildman–Crippen MR) is 148 cm³/mol. The molecule has 0 bridgehead atoms. The SMILES string of the molecule is Cc1cc(N2C(=S)N[C@@H](c3ccccn3)[C@@H]2c2cccn2-c2cccc(Cl)c2)ccc1NS(C)(=O)=O. The van der Waals surface area contributed by atoms with Crippen molar-refractivity contribution in [3.05, 3.63) is 107 Å². The molecule has 0 radical (unpaired) electrons. The molecule has 36 heavy (non-hydrogen) atoms. The molecule has 0 amide bonds. The molecule has 1 fully saturated rings. The van der Waals surface area contributed by atoms with Crippen molar-refractivity contribution in [3.63, 3.8) is 0 Å². The Morgan fingerprint density at radius 1 is 1.03 bits per heavy atom. The van der Waals surface area contributed by atoms with Gasteiger partial charge in [-0.3, -0.25) is 9.71 Å². The van der Waals surface area contributed by atoms with E-state index in [9.17, 15) is 8.42 Å². The number of halogens is 1. The van der Waals surface area contributed by atoms with E-state index in [2.05, 4.69) is 30.6 Å². The van der Waals surface area contributed by atoms with Gasteiger partial charge < -0.3 is 14.8 Å². The normalized spacial score (nSPS) is 17.8. The summed E-state index contributed by atoms with van der Waals surface area (Å²) >= 11 is 12.1. The molecule has 2 atom stereocenters. The Bertz CT molecular complexity index is 1540. The zero-order valence-corrected chi connectivity index (χ0v) is 22.0. The van der Waals surface area contributed by atoms with Crippen LogP contribution < -0.4 is 14.9 Å². The van der Waals surface area contributed by atoms with Crippen LogP contribution in [0, 0.1) is 6.92 Å². The van der Waals surface area contributed by atoms with E-state index in [4.69, 9.17) is 23.8 Å². The summed E-state index contributed by atoms with van der Waals surface area (Å²) in [6.07, 6.45) is 4.91. The van der Waals surface area contributed by atoms with Crippen LogP contribution in [-0.4, -0.2) is 29.3 Å². The molecule has 1 aliphatic rings. The summed E-state index contributed by atoms with van der Waals surface area (Å²) in [5, 5.41) is 4.66. The molecule has 2 N–H and O–H groups in total. The van der Waals surface area contributed by atoms with Crippen molar-refractivity contribution in [2.75, 3.05) is 15.9 Å². The Morgan fingerprint density at radius 2 is 1.86 bits per heavy atom. The first-order valence-electron chi connectivity index (χ1n) is 11.2. The molecule has 184 valence electrons. The van der Waals surface area contributed by atoms with E-state index in [1.807, 2.05) is 73.8 Å². The Labute approximate surface area is 220 Å². The minimum absolute atomic E-state index is 0.222. The number of rotatable bonds is 6. The number of hydrogen-bond acceptors (Lipinski definition) is 4. The lowest BCUT2D eigenvalue weighted by molar-refractivity contribution is 0.549. The summed E-state index contributed by atoms with van der Waals surface area (Å²) in [7, 11) is -3.40. The number of nitrogens with one attached hydrogen (secondary N) is 2. The molecule has 1 aliphatic heterocycles. The first-order valence-corrected chi connectivity index (χ1v) is 13.9. The summed E-state index contributed by atoms with van der Waals surface area (Å²) in [4.78, 5) is 6.67. The van der Waals surface area contributed by atoms with Gasteiger partial charge in [-0.15, -0.1) is 0 Å². The van der Waals surface area contributed by atoms with Crippen LogP contribution in [-0.2, 0) is 10.0 Å². The molecule has 2 aromatic carbocycles. The molecule has 10 heteroatoms. The van der Waals surface area contributed by atoms with Gasteiger partial charge in [0.15, 0.2) is 5.11 Å². The molecule has 0 spiro atoms. The molecule has 7 nitrogen and oxygen atoms in total. The number of nitrogens with zero attached hydrogens (tertiary/aromatic N) is 3. The van der Waals surface area contributed by atoms with Crippen LogP contribution >= 0.6 is 23.8 Å². The average Bonchev–Trinajstić information content (AvgIpc) is 3.44. The highest BCUT2D eigenvalue weighted by Gasteiger charge is 2.42. The fraction of sp³-hybridized carbons (Fsp3) is 0.154. The van der Waals surface area contributed by atoms with Gasteiger partial charge in [-0.05, 0) is 85.4 Å². The maximum Gasteiger partial charge on any atom is 0.229 e. The average molecular weight is 538 g/mol. The third-order valence-electron chi connectivity index (χ3n) is 6.05. The van der Waals surface area contributed by atoms with Gasteiger partial charge in [0.05, 0.1) is 23.7 Å². The van der Waals surface area contributed by atoms with Crippen molar-refractivity contribution in [1.82, 2.24) is 14.9 Å². The molecule has 0 saturated carbocycles. The van der Waals surface area contributed by atoms with Crippen LogP contribution in [0.2, 0.25) is 5.02 Å². The molecular weight excluding hydrogens is 514 g/mol. The van der Waals surface area contributed by atoms with Crippen LogP contribution in [0.5, 0.6) is 0 Å². The standard InChI is InChI=1S/C26H24ClN5O2S2/c1-17-15-20(11-12-21(17)30-36(2,33)34)32-25(24(29-26(32)35)22-9-3-4-13-28-22)23-10-6-14-31(23)19-8-5-7-18(27)16-19/h3-16,24-25,30H,1-2H3,(H,29,35)/t24-,25-/m0/s1. The Balaban J connectivity index is 1.64. The number of aryl methyl sites for hydroxylation is 1. The van der Waals surface area contributed by atoms with E-state index in [1.165, 1.54) is 0 Å². The van der Waals surface area contributed by atoms with Crippen molar-refractivity contribution in [2.45, 2.75) is 19.0 Å². The number of pyridine rings is 1. The topological polar surface area (TPSA) is 79.3 Å². The van der Waals surface area contributed by atoms with Crippen LogP contribution in [0.1, 0.15) is 29.0 Å². The monoisotopic (exact) mass is 537 g/mol. The Morgan fingerprint density at radius 3 is 2.56 bits per heavy atom. The van der Waals surface area contributed by atoms with Gasteiger partial charge in [0.25, 0.3) is 0 Å². The van der Waals surface area contributed by atoms with Crippen molar-refractivity contribution in [2.24, 2.45) is 0 Å². The quantitative estimate of drug-likeness (QED) is 0.321. The fourth-order valence-electron chi connectivity index (χ4n) is 4.54. The lowest BCUT2D eigenvalue weighted by Crippen LogP contribution is -2.30. The van der Waals surface area contributed by atoms with Crippen molar-refractivity contribution >= 4 is 50.3 Å². The third kappa shape index (κ3) is 4.82. The number of aromatic nitrogens is 2. The van der Waals surface area contributed by atoms with Crippen LogP contribution in [0.25, 0.3) is 5.69 Å². The maximum absolute atomic E-state index is 11.8. The lowest BCUT2D eigenvalue weighted by Gasteiger charge is -2.29. The highest BCUT2D eigenvalue weighted by Crippen LogP contribution is 2.43. The molecule has 2 aromatic heterocycles. The molecule has 1 saturated heterocycles. The second kappa shape index (κ2) is 9.57. The van der Waals surface area contributed by atoms with Gasteiger partial charge in [-0.25, -0.2) is 8.42 Å². The Kier molecular flexibility index (Phi) is 6.46. The lowest BCUT2D eigenvalue weighted by atomic mass is 10.0. The molecule has 4 aromatic rings. The predicted octanol–water partition coefficient (Wildman–Crippen LogP) is 5.38. The third-order valence-corrected chi connectivity index (χ3v) is 7.19. The number of thiocarbonyl (C=S) groups is 1. The zero-order valence-electron chi connectivity index (χ0n) is 19.6. The van der Waals surface area contributed by atoms with Gasteiger partial charge >= 0.3 is 0 Å². The van der Waals surface area contributed by atoms with Gasteiger partial charge in [-0.2, -0.15) is 0 Å². The van der Waals surface area contributed by atoms with Crippen molar-refractivity contribution in [1.29, 1.82) is 0 Å². The fourth-order valence-corrected chi connectivity index (χ4v) is 5.70. The smallest absolute Gasteiger partial charge is 0.229 e. The van der Waals surface area contributed by atoms with E-state index in [0.717, 1.165) is 34.6 Å². The summed E-state index contributed by atoms with van der Waals surface area (Å²) < 4.78 is 28.2. The number of hydrogen-bond donors (Lipinski definition) is 2. The minimum Gasteiger partial charge on any atom is -0.351 e.